The van der Waals surface area contributed by atoms with Crippen LogP contribution in [0.3, 0.4) is 0 Å². The Bertz CT molecular complexity index is 2910. The summed E-state index contributed by atoms with van der Waals surface area (Å²) in [5.74, 6) is 0.597. The van der Waals surface area contributed by atoms with Crippen LogP contribution in [0.2, 0.25) is 0 Å². The predicted octanol–water partition coefficient (Wildman–Crippen LogP) is 13.0. The molecule has 0 aliphatic carbocycles. The number of oxazole rings is 1. The maximum absolute atomic E-state index is 6.67. The molecule has 0 fully saturated rings. The summed E-state index contributed by atoms with van der Waals surface area (Å²) in [6.07, 6.45) is 3.71. The molecule has 10 aromatic rings. The van der Waals surface area contributed by atoms with Crippen LogP contribution < -0.4 is 0 Å². The van der Waals surface area contributed by atoms with Crippen molar-refractivity contribution in [1.82, 2.24) is 9.97 Å². The van der Waals surface area contributed by atoms with E-state index in [1.54, 1.807) is 6.20 Å². The van der Waals surface area contributed by atoms with Crippen molar-refractivity contribution >= 4 is 43.4 Å². The lowest BCUT2D eigenvalue weighted by Crippen LogP contribution is -1.88. The Balaban J connectivity index is 1.15. The van der Waals surface area contributed by atoms with Crippen molar-refractivity contribution in [2.75, 3.05) is 0 Å². The second-order valence-corrected chi connectivity index (χ2v) is 13.0. The SMILES string of the molecule is c1cncc(-c2cccc(-c3cc(-c4cc5ccccc5c5ccccc45)cc4oc(-c5ccc(-c6ccc7ccccc7c6)cc5)nc34)c2)c1. The molecule has 0 saturated carbocycles. The summed E-state index contributed by atoms with van der Waals surface area (Å²) < 4.78 is 6.67. The first-order chi connectivity index (χ1) is 25.2. The average Bonchev–Trinajstić information content (AvgIpc) is 3.65. The highest BCUT2D eigenvalue weighted by Crippen LogP contribution is 2.41. The summed E-state index contributed by atoms with van der Waals surface area (Å²) >= 11 is 0. The third-order valence-electron chi connectivity index (χ3n) is 9.96. The second-order valence-electron chi connectivity index (χ2n) is 13.0. The first-order valence-corrected chi connectivity index (χ1v) is 17.2. The van der Waals surface area contributed by atoms with Crippen LogP contribution in [0.5, 0.6) is 0 Å². The Morgan fingerprint density at radius 2 is 1.06 bits per heavy atom. The molecule has 2 aromatic heterocycles. The van der Waals surface area contributed by atoms with Gasteiger partial charge < -0.3 is 4.42 Å². The van der Waals surface area contributed by atoms with Gasteiger partial charge in [0.2, 0.25) is 5.89 Å². The maximum atomic E-state index is 6.67. The summed E-state index contributed by atoms with van der Waals surface area (Å²) in [5, 5.41) is 7.35. The van der Waals surface area contributed by atoms with E-state index >= 15 is 0 Å². The number of fused-ring (bicyclic) bond motifs is 5. The third-order valence-corrected chi connectivity index (χ3v) is 9.96. The highest BCUT2D eigenvalue weighted by Gasteiger charge is 2.18. The van der Waals surface area contributed by atoms with Gasteiger partial charge in [-0.2, -0.15) is 0 Å². The monoisotopic (exact) mass is 650 g/mol. The Hall–Kier alpha value is -6.84. The summed E-state index contributed by atoms with van der Waals surface area (Å²) in [4.78, 5) is 9.54. The Morgan fingerprint density at radius 3 is 1.90 bits per heavy atom. The van der Waals surface area contributed by atoms with Gasteiger partial charge in [0.15, 0.2) is 5.58 Å². The third kappa shape index (κ3) is 5.15. The highest BCUT2D eigenvalue weighted by atomic mass is 16.3. The minimum atomic E-state index is 0.597. The van der Waals surface area contributed by atoms with E-state index in [9.17, 15) is 0 Å². The Labute approximate surface area is 295 Å². The number of nitrogens with zero attached hydrogens (tertiary/aromatic N) is 2. The van der Waals surface area contributed by atoms with Crippen LogP contribution in [-0.4, -0.2) is 9.97 Å². The molecule has 3 heteroatoms. The molecule has 3 nitrogen and oxygen atoms in total. The quantitative estimate of drug-likeness (QED) is 0.174. The molecule has 10 rings (SSSR count). The van der Waals surface area contributed by atoms with E-state index in [0.29, 0.717) is 5.89 Å². The second kappa shape index (κ2) is 11.9. The first kappa shape index (κ1) is 29.1. The van der Waals surface area contributed by atoms with E-state index < -0.39 is 0 Å². The van der Waals surface area contributed by atoms with E-state index in [4.69, 9.17) is 9.40 Å². The van der Waals surface area contributed by atoms with Crippen LogP contribution in [-0.2, 0) is 0 Å². The van der Waals surface area contributed by atoms with Gasteiger partial charge in [0.1, 0.15) is 5.52 Å². The van der Waals surface area contributed by atoms with Crippen LogP contribution in [0.25, 0.3) is 99.4 Å². The van der Waals surface area contributed by atoms with E-state index in [1.807, 2.05) is 12.3 Å². The van der Waals surface area contributed by atoms with Crippen LogP contribution in [0, 0.1) is 0 Å². The summed E-state index contributed by atoms with van der Waals surface area (Å²) in [7, 11) is 0. The maximum Gasteiger partial charge on any atom is 0.227 e. The van der Waals surface area contributed by atoms with Crippen molar-refractivity contribution in [3.63, 3.8) is 0 Å². The fraction of sp³-hybridized carbons (Fsp3) is 0. The molecule has 0 aliphatic rings. The molecule has 0 saturated heterocycles. The van der Waals surface area contributed by atoms with Crippen LogP contribution in [0.4, 0.5) is 0 Å². The number of hydrogen-bond acceptors (Lipinski definition) is 3. The fourth-order valence-corrected chi connectivity index (χ4v) is 7.40. The molecule has 0 bridgehead atoms. The molecule has 0 atom stereocenters. The summed E-state index contributed by atoms with van der Waals surface area (Å²) in [5.41, 5.74) is 11.4. The highest BCUT2D eigenvalue weighted by molar-refractivity contribution is 6.14. The van der Waals surface area contributed by atoms with Gasteiger partial charge in [-0.15, -0.1) is 0 Å². The summed E-state index contributed by atoms with van der Waals surface area (Å²) in [6.45, 7) is 0. The fourth-order valence-electron chi connectivity index (χ4n) is 7.40. The van der Waals surface area contributed by atoms with Crippen molar-refractivity contribution in [1.29, 1.82) is 0 Å². The molecule has 0 unspecified atom stereocenters. The molecule has 0 radical (unpaired) electrons. The number of hydrogen-bond donors (Lipinski definition) is 0. The minimum Gasteiger partial charge on any atom is -0.436 e. The van der Waals surface area contributed by atoms with Crippen molar-refractivity contribution in [2.45, 2.75) is 0 Å². The smallest absolute Gasteiger partial charge is 0.227 e. The number of aromatic nitrogens is 2. The van der Waals surface area contributed by atoms with Crippen LogP contribution >= 0.6 is 0 Å². The lowest BCUT2D eigenvalue weighted by Gasteiger charge is -2.13. The topological polar surface area (TPSA) is 38.9 Å². The van der Waals surface area contributed by atoms with Crippen molar-refractivity contribution in [3.8, 4) is 56.0 Å². The van der Waals surface area contributed by atoms with Gasteiger partial charge in [-0.25, -0.2) is 4.98 Å². The minimum absolute atomic E-state index is 0.597. The van der Waals surface area contributed by atoms with E-state index in [0.717, 1.165) is 55.6 Å². The normalized spacial score (nSPS) is 11.5. The lowest BCUT2D eigenvalue weighted by molar-refractivity contribution is 0.620. The standard InChI is InChI=1S/C48H30N2O/c1-2-10-34-25-36(23-20-31(34)9-1)32-18-21-33(22-19-32)48-50-47-45(37-13-7-12-35(26-37)39-14-8-24-49-30-39)28-40(29-46(47)51-48)44-27-38-11-3-4-15-41(38)42-16-5-6-17-43(42)44/h1-30H. The molecule has 51 heavy (non-hydrogen) atoms. The van der Waals surface area contributed by atoms with Crippen molar-refractivity contribution in [3.05, 3.63) is 182 Å². The number of rotatable bonds is 5. The predicted molar refractivity (Wildman–Crippen MR) is 212 cm³/mol. The number of pyridine rings is 1. The van der Waals surface area contributed by atoms with E-state index in [2.05, 4.69) is 169 Å². The van der Waals surface area contributed by atoms with Gasteiger partial charge in [-0.1, -0.05) is 121 Å². The van der Waals surface area contributed by atoms with Crippen molar-refractivity contribution in [2.24, 2.45) is 0 Å². The first-order valence-electron chi connectivity index (χ1n) is 17.2. The van der Waals surface area contributed by atoms with Gasteiger partial charge in [0.25, 0.3) is 0 Å². The average molecular weight is 651 g/mol. The van der Waals surface area contributed by atoms with Gasteiger partial charge in [0.05, 0.1) is 0 Å². The molecule has 0 spiro atoms. The van der Waals surface area contributed by atoms with Gasteiger partial charge in [-0.3, -0.25) is 4.98 Å². The lowest BCUT2D eigenvalue weighted by atomic mass is 9.91. The molecule has 0 aliphatic heterocycles. The van der Waals surface area contributed by atoms with Gasteiger partial charge >= 0.3 is 0 Å². The molecule has 0 N–H and O–H groups in total. The molecule has 238 valence electrons. The molecule has 0 amide bonds. The van der Waals surface area contributed by atoms with Gasteiger partial charge in [0, 0.05) is 29.1 Å². The Kier molecular flexibility index (Phi) is 6.81. The summed E-state index contributed by atoms with van der Waals surface area (Å²) in [6, 6.07) is 60.3. The number of benzene rings is 8. The Morgan fingerprint density at radius 1 is 0.373 bits per heavy atom. The zero-order valence-corrected chi connectivity index (χ0v) is 27.6. The molecular weight excluding hydrogens is 621 g/mol. The molecule has 2 heterocycles. The zero-order chi connectivity index (χ0) is 33.7. The van der Waals surface area contributed by atoms with E-state index in [1.165, 1.54) is 37.9 Å². The van der Waals surface area contributed by atoms with Crippen LogP contribution in [0.1, 0.15) is 0 Å². The largest absolute Gasteiger partial charge is 0.436 e. The van der Waals surface area contributed by atoms with Gasteiger partial charge in [-0.05, 0) is 114 Å². The van der Waals surface area contributed by atoms with E-state index in [-0.39, 0.29) is 0 Å². The zero-order valence-electron chi connectivity index (χ0n) is 27.6. The van der Waals surface area contributed by atoms with Crippen molar-refractivity contribution < 1.29 is 4.42 Å². The molecule has 8 aromatic carbocycles. The molecular formula is C48H30N2O. The van der Waals surface area contributed by atoms with Crippen LogP contribution in [0.15, 0.2) is 187 Å².